The summed E-state index contributed by atoms with van der Waals surface area (Å²) in [7, 11) is 0. The van der Waals surface area contributed by atoms with Crippen molar-refractivity contribution in [3.63, 3.8) is 0 Å². The Bertz CT molecular complexity index is 594. The van der Waals surface area contributed by atoms with Crippen molar-refractivity contribution in [2.75, 3.05) is 39.2 Å². The van der Waals surface area contributed by atoms with Gasteiger partial charge in [-0.05, 0) is 32.1 Å². The Kier molecular flexibility index (Phi) is 8.83. The van der Waals surface area contributed by atoms with Crippen LogP contribution >= 0.6 is 35.7 Å². The third kappa shape index (κ3) is 5.42. The first kappa shape index (κ1) is 21.6. The van der Waals surface area contributed by atoms with Gasteiger partial charge in [0.15, 0.2) is 5.96 Å². The highest BCUT2D eigenvalue weighted by atomic mass is 127. The van der Waals surface area contributed by atoms with E-state index in [9.17, 15) is 0 Å². The molecular weight excluding hydrogens is 461 g/mol. The standard InChI is InChI=1S/C19H29N3O2S.HI/c1-3-20-18(21-14-19(25-2)9-12-23-13-10-19)22-16-8-11-24-17-7-5-4-6-15(16)17;/h4-7,16H,3,8-14H2,1-2H3,(H2,20,21,22);1H. The van der Waals surface area contributed by atoms with Gasteiger partial charge in [0.2, 0.25) is 0 Å². The van der Waals surface area contributed by atoms with E-state index in [4.69, 9.17) is 14.5 Å². The maximum absolute atomic E-state index is 5.77. The quantitative estimate of drug-likeness (QED) is 0.375. The molecule has 146 valence electrons. The van der Waals surface area contributed by atoms with E-state index in [1.54, 1.807) is 0 Å². The van der Waals surface area contributed by atoms with Gasteiger partial charge in [0.1, 0.15) is 5.75 Å². The molecule has 1 fully saturated rings. The van der Waals surface area contributed by atoms with Crippen LogP contribution in [-0.4, -0.2) is 49.9 Å². The highest BCUT2D eigenvalue weighted by molar-refractivity contribution is 14.0. The molecule has 7 heteroatoms. The predicted molar refractivity (Wildman–Crippen MR) is 120 cm³/mol. The average molecular weight is 491 g/mol. The van der Waals surface area contributed by atoms with E-state index >= 15 is 0 Å². The summed E-state index contributed by atoms with van der Waals surface area (Å²) in [6.07, 6.45) is 5.27. The number of ether oxygens (including phenoxy) is 2. The fourth-order valence-electron chi connectivity index (χ4n) is 3.37. The van der Waals surface area contributed by atoms with Gasteiger partial charge in [-0.25, -0.2) is 0 Å². The first-order chi connectivity index (χ1) is 12.3. The summed E-state index contributed by atoms with van der Waals surface area (Å²) >= 11 is 1.93. The SMILES string of the molecule is CCNC(=NCC1(SC)CCOCC1)NC1CCOc2ccccc21.I. The van der Waals surface area contributed by atoms with E-state index in [2.05, 4.69) is 35.9 Å². The topological polar surface area (TPSA) is 54.9 Å². The lowest BCUT2D eigenvalue weighted by Crippen LogP contribution is -2.43. The highest BCUT2D eigenvalue weighted by Gasteiger charge is 2.32. The van der Waals surface area contributed by atoms with Crippen molar-refractivity contribution in [1.82, 2.24) is 10.6 Å². The van der Waals surface area contributed by atoms with Crippen LogP contribution in [0.5, 0.6) is 5.75 Å². The third-order valence-electron chi connectivity index (χ3n) is 4.98. The van der Waals surface area contributed by atoms with Crippen molar-refractivity contribution in [2.45, 2.75) is 37.0 Å². The Morgan fingerprint density at radius 3 is 2.77 bits per heavy atom. The normalized spacial score (nSPS) is 21.8. The summed E-state index contributed by atoms with van der Waals surface area (Å²) in [5, 5.41) is 7.01. The molecule has 1 saturated heterocycles. The predicted octanol–water partition coefficient (Wildman–Crippen LogP) is 3.60. The van der Waals surface area contributed by atoms with Crippen molar-refractivity contribution in [1.29, 1.82) is 0 Å². The van der Waals surface area contributed by atoms with Crippen LogP contribution in [-0.2, 0) is 4.74 Å². The minimum atomic E-state index is 0. The first-order valence-corrected chi connectivity index (χ1v) is 10.4. The lowest BCUT2D eigenvalue weighted by molar-refractivity contribution is 0.0794. The molecule has 0 saturated carbocycles. The van der Waals surface area contributed by atoms with Crippen LogP contribution in [0.4, 0.5) is 0 Å². The van der Waals surface area contributed by atoms with E-state index in [-0.39, 0.29) is 34.8 Å². The molecule has 0 aliphatic carbocycles. The fourth-order valence-corrected chi connectivity index (χ4v) is 4.14. The summed E-state index contributed by atoms with van der Waals surface area (Å²) in [5.41, 5.74) is 1.21. The maximum Gasteiger partial charge on any atom is 0.191 e. The van der Waals surface area contributed by atoms with Crippen molar-refractivity contribution in [3.05, 3.63) is 29.8 Å². The molecule has 0 aromatic heterocycles. The molecule has 0 bridgehead atoms. The Labute approximate surface area is 178 Å². The number of benzene rings is 1. The van der Waals surface area contributed by atoms with Crippen LogP contribution in [0.1, 0.15) is 37.8 Å². The van der Waals surface area contributed by atoms with Crippen molar-refractivity contribution in [3.8, 4) is 5.75 Å². The Hall–Kier alpha value is -0.670. The van der Waals surface area contributed by atoms with Gasteiger partial charge in [-0.15, -0.1) is 24.0 Å². The van der Waals surface area contributed by atoms with Crippen molar-refractivity contribution < 1.29 is 9.47 Å². The van der Waals surface area contributed by atoms with E-state index in [0.717, 1.165) is 63.9 Å². The zero-order valence-corrected chi connectivity index (χ0v) is 18.8. The van der Waals surface area contributed by atoms with Gasteiger partial charge in [-0.3, -0.25) is 4.99 Å². The molecular formula is C19H30IN3O2S. The Balaban J connectivity index is 0.00000243. The molecule has 1 aromatic rings. The number of hydrogen-bond donors (Lipinski definition) is 2. The summed E-state index contributed by atoms with van der Waals surface area (Å²) in [6.45, 7) is 6.19. The Morgan fingerprint density at radius 2 is 2.04 bits per heavy atom. The van der Waals surface area contributed by atoms with Crippen LogP contribution in [0, 0.1) is 0 Å². The van der Waals surface area contributed by atoms with Crippen LogP contribution in [0.2, 0.25) is 0 Å². The Morgan fingerprint density at radius 1 is 1.27 bits per heavy atom. The van der Waals surface area contributed by atoms with Crippen LogP contribution < -0.4 is 15.4 Å². The van der Waals surface area contributed by atoms with Gasteiger partial charge in [-0.1, -0.05) is 18.2 Å². The molecule has 1 atom stereocenters. The van der Waals surface area contributed by atoms with Gasteiger partial charge < -0.3 is 20.1 Å². The molecule has 2 heterocycles. The number of thioether (sulfide) groups is 1. The maximum atomic E-state index is 5.77. The third-order valence-corrected chi connectivity index (χ3v) is 6.38. The number of aliphatic imine (C=N–C) groups is 1. The zero-order chi connectivity index (χ0) is 17.5. The zero-order valence-electron chi connectivity index (χ0n) is 15.6. The van der Waals surface area contributed by atoms with Gasteiger partial charge in [0.25, 0.3) is 0 Å². The number of nitrogens with one attached hydrogen (secondary N) is 2. The highest BCUT2D eigenvalue weighted by Crippen LogP contribution is 2.34. The smallest absolute Gasteiger partial charge is 0.191 e. The summed E-state index contributed by atoms with van der Waals surface area (Å²) in [4.78, 5) is 4.92. The molecule has 0 radical (unpaired) electrons. The van der Waals surface area contributed by atoms with Gasteiger partial charge >= 0.3 is 0 Å². The molecule has 2 aliphatic heterocycles. The molecule has 0 spiro atoms. The van der Waals surface area contributed by atoms with E-state index in [0.29, 0.717) is 0 Å². The second-order valence-electron chi connectivity index (χ2n) is 6.57. The van der Waals surface area contributed by atoms with Crippen LogP contribution in [0.3, 0.4) is 0 Å². The van der Waals surface area contributed by atoms with Gasteiger partial charge in [0.05, 0.1) is 19.2 Å². The van der Waals surface area contributed by atoms with Gasteiger partial charge in [-0.2, -0.15) is 11.8 Å². The molecule has 5 nitrogen and oxygen atoms in total. The summed E-state index contributed by atoms with van der Waals surface area (Å²) in [5.74, 6) is 1.87. The lowest BCUT2D eigenvalue weighted by Gasteiger charge is -2.34. The summed E-state index contributed by atoms with van der Waals surface area (Å²) < 4.78 is 11.5. The monoisotopic (exact) mass is 491 g/mol. The largest absolute Gasteiger partial charge is 0.493 e. The molecule has 26 heavy (non-hydrogen) atoms. The lowest BCUT2D eigenvalue weighted by atomic mass is 9.99. The second kappa shape index (κ2) is 10.6. The van der Waals surface area contributed by atoms with Crippen molar-refractivity contribution >= 4 is 41.7 Å². The number of fused-ring (bicyclic) bond motifs is 1. The fraction of sp³-hybridized carbons (Fsp3) is 0.632. The minimum Gasteiger partial charge on any atom is -0.493 e. The molecule has 0 amide bonds. The van der Waals surface area contributed by atoms with Crippen LogP contribution in [0.25, 0.3) is 0 Å². The van der Waals surface area contributed by atoms with E-state index < -0.39 is 0 Å². The molecule has 2 N–H and O–H groups in total. The first-order valence-electron chi connectivity index (χ1n) is 9.16. The molecule has 1 aromatic carbocycles. The number of halogens is 1. The number of guanidine groups is 1. The van der Waals surface area contributed by atoms with Crippen LogP contribution in [0.15, 0.2) is 29.3 Å². The van der Waals surface area contributed by atoms with Gasteiger partial charge in [0, 0.05) is 36.5 Å². The number of para-hydroxylation sites is 1. The molecule has 1 unspecified atom stereocenters. The number of hydrogen-bond acceptors (Lipinski definition) is 4. The summed E-state index contributed by atoms with van der Waals surface area (Å²) in [6, 6.07) is 8.50. The minimum absolute atomic E-state index is 0. The molecule has 3 rings (SSSR count). The second-order valence-corrected chi connectivity index (χ2v) is 7.84. The number of rotatable bonds is 5. The average Bonchev–Trinajstić information content (AvgIpc) is 2.67. The molecule has 2 aliphatic rings. The van der Waals surface area contributed by atoms with E-state index in [1.807, 2.05) is 23.9 Å². The van der Waals surface area contributed by atoms with E-state index in [1.165, 1.54) is 5.56 Å². The van der Waals surface area contributed by atoms with Crippen molar-refractivity contribution in [2.24, 2.45) is 4.99 Å². The number of nitrogens with zero attached hydrogens (tertiary/aromatic N) is 1.